The summed E-state index contributed by atoms with van der Waals surface area (Å²) in [5, 5.41) is 0.639. The molecule has 0 aliphatic carbocycles. The molecule has 0 bridgehead atoms. The molecule has 32 heavy (non-hydrogen) atoms. The molecule has 166 valence electrons. The summed E-state index contributed by atoms with van der Waals surface area (Å²) in [6.45, 7) is 4.54. The van der Waals surface area contributed by atoms with E-state index in [1.54, 1.807) is 11.8 Å². The first-order valence-electron chi connectivity index (χ1n) is 10.8. The molecule has 0 spiro atoms. The van der Waals surface area contributed by atoms with Gasteiger partial charge in [0.15, 0.2) is 5.17 Å². The van der Waals surface area contributed by atoms with Crippen molar-refractivity contribution in [2.45, 2.75) is 39.3 Å². The minimum Gasteiger partial charge on any atom is -0.489 e. The van der Waals surface area contributed by atoms with E-state index in [2.05, 4.69) is 4.99 Å². The maximum absolute atomic E-state index is 12.9. The molecule has 1 unspecified atom stereocenters. The molecule has 1 fully saturated rings. The third kappa shape index (κ3) is 4.72. The van der Waals surface area contributed by atoms with Crippen molar-refractivity contribution in [3.05, 3.63) is 77.0 Å². The van der Waals surface area contributed by atoms with Crippen molar-refractivity contribution in [2.24, 2.45) is 4.99 Å². The maximum Gasteiger partial charge on any atom is 0.338 e. The molecule has 2 aliphatic heterocycles. The van der Waals surface area contributed by atoms with Gasteiger partial charge in [-0.3, -0.25) is 9.69 Å². The van der Waals surface area contributed by atoms with Gasteiger partial charge in [0.05, 0.1) is 23.9 Å². The molecule has 0 saturated carbocycles. The zero-order valence-electron chi connectivity index (χ0n) is 18.2. The highest BCUT2D eigenvalue weighted by molar-refractivity contribution is 8.14. The van der Waals surface area contributed by atoms with Crippen molar-refractivity contribution in [3.63, 3.8) is 0 Å². The number of carbonyl (C=O) groups is 2. The fourth-order valence-electron chi connectivity index (χ4n) is 3.73. The van der Waals surface area contributed by atoms with Gasteiger partial charge >= 0.3 is 5.97 Å². The summed E-state index contributed by atoms with van der Waals surface area (Å²) in [7, 11) is 0. The Balaban J connectivity index is 1.62. The number of aliphatic imine (C=N–C) groups is 1. The van der Waals surface area contributed by atoms with Crippen LogP contribution in [0.25, 0.3) is 0 Å². The second-order valence-electron chi connectivity index (χ2n) is 7.64. The SMILES string of the molecule is CCCOC(=O)C1=C(C)N=C2SCCC(=O)N2C1c1ccc(OCc2ccccc2)cc1. The fourth-order valence-corrected chi connectivity index (χ4v) is 4.74. The zero-order valence-corrected chi connectivity index (χ0v) is 19.1. The predicted molar refractivity (Wildman–Crippen MR) is 125 cm³/mol. The summed E-state index contributed by atoms with van der Waals surface area (Å²) in [4.78, 5) is 32.0. The highest BCUT2D eigenvalue weighted by Gasteiger charge is 2.41. The van der Waals surface area contributed by atoms with E-state index in [1.165, 1.54) is 11.8 Å². The van der Waals surface area contributed by atoms with Gasteiger partial charge in [0, 0.05) is 12.2 Å². The summed E-state index contributed by atoms with van der Waals surface area (Å²) >= 11 is 1.54. The van der Waals surface area contributed by atoms with Crippen molar-refractivity contribution in [1.82, 2.24) is 4.90 Å². The molecule has 2 aromatic carbocycles. The van der Waals surface area contributed by atoms with Crippen LogP contribution in [0.1, 0.15) is 43.9 Å². The number of amides is 1. The first-order chi connectivity index (χ1) is 15.6. The molecule has 0 N–H and O–H groups in total. The molecule has 6 nitrogen and oxygen atoms in total. The van der Waals surface area contributed by atoms with Gasteiger partial charge in [-0.2, -0.15) is 0 Å². The van der Waals surface area contributed by atoms with Crippen molar-refractivity contribution in [1.29, 1.82) is 0 Å². The topological polar surface area (TPSA) is 68.2 Å². The fraction of sp³-hybridized carbons (Fsp3) is 0.320. The van der Waals surface area contributed by atoms with E-state index in [4.69, 9.17) is 9.47 Å². The summed E-state index contributed by atoms with van der Waals surface area (Å²) in [6.07, 6.45) is 1.14. The third-order valence-corrected chi connectivity index (χ3v) is 6.26. The molecular formula is C25H26N2O4S. The number of nitrogens with zero attached hydrogens (tertiary/aromatic N) is 2. The van der Waals surface area contributed by atoms with Gasteiger partial charge in [0.2, 0.25) is 5.91 Å². The number of amidine groups is 1. The number of hydrogen-bond donors (Lipinski definition) is 0. The van der Waals surface area contributed by atoms with E-state index in [0.29, 0.717) is 41.8 Å². The van der Waals surface area contributed by atoms with Gasteiger partial charge in [0.1, 0.15) is 12.4 Å². The van der Waals surface area contributed by atoms with Gasteiger partial charge in [-0.25, -0.2) is 9.79 Å². The van der Waals surface area contributed by atoms with Crippen molar-refractivity contribution < 1.29 is 19.1 Å². The van der Waals surface area contributed by atoms with Crippen LogP contribution in [0.5, 0.6) is 5.75 Å². The zero-order chi connectivity index (χ0) is 22.5. The van der Waals surface area contributed by atoms with Gasteiger partial charge in [0.25, 0.3) is 0 Å². The number of fused-ring (bicyclic) bond motifs is 1. The molecule has 0 radical (unpaired) electrons. The van der Waals surface area contributed by atoms with Gasteiger partial charge in [-0.05, 0) is 36.6 Å². The van der Waals surface area contributed by atoms with Crippen molar-refractivity contribution >= 4 is 28.8 Å². The van der Waals surface area contributed by atoms with Crippen LogP contribution in [0.15, 0.2) is 70.9 Å². The maximum atomic E-state index is 12.9. The number of carbonyl (C=O) groups excluding carboxylic acids is 2. The summed E-state index contributed by atoms with van der Waals surface area (Å²) in [6, 6.07) is 16.9. The Labute approximate surface area is 192 Å². The first kappa shape index (κ1) is 22.1. The van der Waals surface area contributed by atoms with Crippen LogP contribution in [0, 0.1) is 0 Å². The number of rotatable bonds is 7. The van der Waals surface area contributed by atoms with Gasteiger partial charge in [-0.1, -0.05) is 61.2 Å². The molecular weight excluding hydrogens is 424 g/mol. The Morgan fingerprint density at radius 3 is 2.62 bits per heavy atom. The normalized spacial score (nSPS) is 18.2. The second-order valence-corrected chi connectivity index (χ2v) is 8.70. The first-order valence-corrected chi connectivity index (χ1v) is 11.7. The number of esters is 1. The van der Waals surface area contributed by atoms with E-state index < -0.39 is 12.0 Å². The Morgan fingerprint density at radius 2 is 1.91 bits per heavy atom. The standard InChI is InChI=1S/C25H26N2O4S/c1-3-14-30-24(29)22-17(2)26-25-27(21(28)13-15-32-25)23(22)19-9-11-20(12-10-19)31-16-18-7-5-4-6-8-18/h4-12,23H,3,13-16H2,1-2H3. The quantitative estimate of drug-likeness (QED) is 0.563. The molecule has 1 atom stereocenters. The van der Waals surface area contributed by atoms with E-state index in [9.17, 15) is 9.59 Å². The summed E-state index contributed by atoms with van der Waals surface area (Å²) in [5.41, 5.74) is 2.91. The molecule has 2 aliphatic rings. The molecule has 2 aromatic rings. The molecule has 1 amide bonds. The minimum atomic E-state index is -0.560. The highest BCUT2D eigenvalue weighted by Crippen LogP contribution is 2.40. The average Bonchev–Trinajstić information content (AvgIpc) is 2.81. The smallest absolute Gasteiger partial charge is 0.338 e. The van der Waals surface area contributed by atoms with Crippen LogP contribution in [0.3, 0.4) is 0 Å². The summed E-state index contributed by atoms with van der Waals surface area (Å²) in [5.74, 6) is 0.948. The number of thioether (sulfide) groups is 1. The van der Waals surface area contributed by atoms with Crippen molar-refractivity contribution in [2.75, 3.05) is 12.4 Å². The Bertz CT molecular complexity index is 1050. The molecule has 2 heterocycles. The predicted octanol–water partition coefficient (Wildman–Crippen LogP) is 4.87. The molecule has 7 heteroatoms. The Morgan fingerprint density at radius 1 is 1.16 bits per heavy atom. The van der Waals surface area contributed by atoms with E-state index in [1.807, 2.05) is 61.5 Å². The van der Waals surface area contributed by atoms with E-state index in [-0.39, 0.29) is 5.91 Å². The third-order valence-electron chi connectivity index (χ3n) is 5.31. The van der Waals surface area contributed by atoms with E-state index in [0.717, 1.165) is 23.3 Å². The van der Waals surface area contributed by atoms with Crippen LogP contribution < -0.4 is 4.74 Å². The van der Waals surface area contributed by atoms with Crippen LogP contribution in [0.2, 0.25) is 0 Å². The summed E-state index contributed by atoms with van der Waals surface area (Å²) < 4.78 is 11.3. The lowest BCUT2D eigenvalue weighted by atomic mass is 9.94. The number of hydrogen-bond acceptors (Lipinski definition) is 6. The number of benzene rings is 2. The minimum absolute atomic E-state index is 0.0369. The number of ether oxygens (including phenoxy) is 2. The van der Waals surface area contributed by atoms with Gasteiger partial charge < -0.3 is 9.47 Å². The van der Waals surface area contributed by atoms with Crippen LogP contribution >= 0.6 is 11.8 Å². The molecule has 4 rings (SSSR count). The van der Waals surface area contributed by atoms with Crippen molar-refractivity contribution in [3.8, 4) is 5.75 Å². The van der Waals surface area contributed by atoms with Crippen LogP contribution in [0.4, 0.5) is 0 Å². The lowest BCUT2D eigenvalue weighted by Crippen LogP contribution is -2.45. The second kappa shape index (κ2) is 10.0. The van der Waals surface area contributed by atoms with Crippen LogP contribution in [-0.2, 0) is 20.9 Å². The Hall–Kier alpha value is -3.06. The Kier molecular flexibility index (Phi) is 6.95. The lowest BCUT2D eigenvalue weighted by Gasteiger charge is -2.38. The molecule has 1 saturated heterocycles. The average molecular weight is 451 g/mol. The largest absolute Gasteiger partial charge is 0.489 e. The number of allylic oxidation sites excluding steroid dienone is 1. The van der Waals surface area contributed by atoms with E-state index >= 15 is 0 Å². The molecule has 0 aromatic heterocycles. The monoisotopic (exact) mass is 450 g/mol. The lowest BCUT2D eigenvalue weighted by molar-refractivity contribution is -0.140. The van der Waals surface area contributed by atoms with Gasteiger partial charge in [-0.15, -0.1) is 0 Å². The highest BCUT2D eigenvalue weighted by atomic mass is 32.2. The van der Waals surface area contributed by atoms with Crippen LogP contribution in [-0.4, -0.2) is 34.3 Å².